The maximum absolute atomic E-state index is 14.1. The molecule has 0 spiro atoms. The van der Waals surface area contributed by atoms with Crippen molar-refractivity contribution in [3.8, 4) is 22.4 Å². The van der Waals surface area contributed by atoms with Crippen LogP contribution in [-0.4, -0.2) is 16.4 Å². The van der Waals surface area contributed by atoms with Crippen LogP contribution in [0.15, 0.2) is 85.3 Å². The second kappa shape index (κ2) is 10.9. The van der Waals surface area contributed by atoms with Gasteiger partial charge in [-0.05, 0) is 47.7 Å². The molecule has 0 radical (unpaired) electrons. The number of aromatic nitrogens is 1. The Kier molecular flexibility index (Phi) is 7.74. The maximum Gasteiger partial charge on any atom is 3.00 e. The summed E-state index contributed by atoms with van der Waals surface area (Å²) in [5, 5.41) is 4.41. The van der Waals surface area contributed by atoms with E-state index < -0.39 is 11.6 Å². The first-order valence-corrected chi connectivity index (χ1v) is 11.1. The average Bonchev–Trinajstić information content (AvgIpc) is 3.36. The minimum atomic E-state index is -0.923. The Hall–Kier alpha value is -3.34. The Bertz CT molecular complexity index is 1340. The standard InChI is InChI=1S/C18H12F2N.C11H10N2.Ir/c1-12-10-11-21-18(14-8-5-9-15(19)17(14)20)16(12)13-6-3-2-4-7-13;1-2-4-10-9(3-1)5-7-13-8-6-12-11(10)13;/h2-7,9-11H,1H3;1-3,6,8,11H,5,7H2;/q-1;-2;+3. The quantitative estimate of drug-likeness (QED) is 0.221. The van der Waals surface area contributed by atoms with Crippen LogP contribution < -0.4 is 0 Å². The van der Waals surface area contributed by atoms with Gasteiger partial charge in [0.15, 0.2) is 0 Å². The number of hydrogen-bond acceptors (Lipinski definition) is 2. The SMILES string of the molecule is Cc1ccnc(-c2[c-]ccc(F)c2F)c1-c1ccccc1.[Ir+3].[c-]1cccc2c1C1[N-]C=CN1CC2. The largest absolute Gasteiger partial charge is 3.00 e. The summed E-state index contributed by atoms with van der Waals surface area (Å²) in [6.45, 7) is 3.00. The van der Waals surface area contributed by atoms with E-state index in [-0.39, 0.29) is 31.8 Å². The molecule has 3 heterocycles. The minimum absolute atomic E-state index is 0. The van der Waals surface area contributed by atoms with Crippen LogP contribution in [0.4, 0.5) is 8.78 Å². The van der Waals surface area contributed by atoms with E-state index in [4.69, 9.17) is 0 Å². The Labute approximate surface area is 217 Å². The third-order valence-electron chi connectivity index (χ3n) is 6.02. The molecule has 1 atom stereocenters. The molecule has 3 nitrogen and oxygen atoms in total. The number of fused-ring (bicyclic) bond motifs is 3. The molecule has 0 aliphatic carbocycles. The third kappa shape index (κ3) is 5.04. The smallest absolute Gasteiger partial charge is 0.668 e. The summed E-state index contributed by atoms with van der Waals surface area (Å²) in [4.78, 5) is 6.51. The van der Waals surface area contributed by atoms with E-state index in [9.17, 15) is 8.78 Å². The number of aryl methyl sites for hydroxylation is 1. The van der Waals surface area contributed by atoms with E-state index in [0.29, 0.717) is 5.69 Å². The number of nitrogens with zero attached hydrogens (tertiary/aromatic N) is 3. The summed E-state index contributed by atoms with van der Waals surface area (Å²) in [6.07, 6.45) is 6.87. The third-order valence-corrected chi connectivity index (χ3v) is 6.02. The van der Waals surface area contributed by atoms with Crippen LogP contribution in [0.5, 0.6) is 0 Å². The molecule has 176 valence electrons. The fraction of sp³-hybridized carbons (Fsp3) is 0.138. The molecule has 0 amide bonds. The van der Waals surface area contributed by atoms with Crippen molar-refractivity contribution in [3.63, 3.8) is 0 Å². The van der Waals surface area contributed by atoms with Crippen molar-refractivity contribution in [2.75, 3.05) is 6.54 Å². The summed E-state index contributed by atoms with van der Waals surface area (Å²) < 4.78 is 27.5. The Morgan fingerprint density at radius 3 is 2.66 bits per heavy atom. The second-order valence-electron chi connectivity index (χ2n) is 8.15. The number of benzene rings is 3. The van der Waals surface area contributed by atoms with Gasteiger partial charge < -0.3 is 15.2 Å². The van der Waals surface area contributed by atoms with E-state index >= 15 is 0 Å². The first-order chi connectivity index (χ1) is 16.6. The topological polar surface area (TPSA) is 30.2 Å². The fourth-order valence-electron chi connectivity index (χ4n) is 4.35. The molecular weight excluding hydrogens is 621 g/mol. The summed E-state index contributed by atoms with van der Waals surface area (Å²) in [6, 6.07) is 26.1. The molecule has 0 N–H and O–H groups in total. The predicted octanol–water partition coefficient (Wildman–Crippen LogP) is 7.00. The molecule has 2 aliphatic rings. The summed E-state index contributed by atoms with van der Waals surface area (Å²) in [5.41, 5.74) is 5.75. The van der Waals surface area contributed by atoms with Gasteiger partial charge in [0.25, 0.3) is 0 Å². The van der Waals surface area contributed by atoms with Crippen LogP contribution in [0, 0.1) is 30.7 Å². The summed E-state index contributed by atoms with van der Waals surface area (Å²) in [7, 11) is 0. The van der Waals surface area contributed by atoms with Crippen molar-refractivity contribution in [2.24, 2.45) is 0 Å². The molecule has 3 aromatic carbocycles. The fourth-order valence-corrected chi connectivity index (χ4v) is 4.35. The normalized spacial score (nSPS) is 15.2. The number of rotatable bonds is 2. The molecule has 0 saturated carbocycles. The van der Waals surface area contributed by atoms with Gasteiger partial charge in [-0.15, -0.1) is 18.2 Å². The van der Waals surface area contributed by atoms with Crippen molar-refractivity contribution in [1.29, 1.82) is 0 Å². The van der Waals surface area contributed by atoms with Gasteiger partial charge in [-0.2, -0.15) is 41.6 Å². The van der Waals surface area contributed by atoms with Gasteiger partial charge in [-0.1, -0.05) is 42.3 Å². The zero-order valence-corrected chi connectivity index (χ0v) is 21.4. The van der Waals surface area contributed by atoms with Crippen molar-refractivity contribution < 1.29 is 28.9 Å². The molecule has 1 unspecified atom stereocenters. The van der Waals surface area contributed by atoms with Gasteiger partial charge in [0.05, 0.1) is 11.6 Å². The Morgan fingerprint density at radius 2 is 1.83 bits per heavy atom. The molecule has 0 bridgehead atoms. The Morgan fingerprint density at radius 1 is 1.00 bits per heavy atom. The maximum atomic E-state index is 14.1. The van der Waals surface area contributed by atoms with E-state index in [0.717, 1.165) is 35.7 Å². The van der Waals surface area contributed by atoms with Crippen LogP contribution in [0.25, 0.3) is 27.7 Å². The number of halogens is 2. The van der Waals surface area contributed by atoms with Gasteiger partial charge in [-0.3, -0.25) is 4.39 Å². The van der Waals surface area contributed by atoms with E-state index in [2.05, 4.69) is 45.7 Å². The van der Waals surface area contributed by atoms with Gasteiger partial charge in [0.2, 0.25) is 0 Å². The zero-order chi connectivity index (χ0) is 23.5. The first kappa shape index (κ1) is 24.8. The number of pyridine rings is 1. The molecule has 0 saturated heterocycles. The monoisotopic (exact) mass is 643 g/mol. The molecule has 6 rings (SSSR count). The zero-order valence-electron chi connectivity index (χ0n) is 19.0. The molecule has 2 aliphatic heterocycles. The van der Waals surface area contributed by atoms with Crippen LogP contribution in [0.3, 0.4) is 0 Å². The van der Waals surface area contributed by atoms with Gasteiger partial charge in [0.1, 0.15) is 0 Å². The van der Waals surface area contributed by atoms with E-state index in [1.54, 1.807) is 6.20 Å². The molecule has 35 heavy (non-hydrogen) atoms. The van der Waals surface area contributed by atoms with Crippen LogP contribution in [-0.2, 0) is 26.5 Å². The average molecular weight is 643 g/mol. The summed E-state index contributed by atoms with van der Waals surface area (Å²) in [5.74, 6) is -1.82. The van der Waals surface area contributed by atoms with Crippen LogP contribution in [0.1, 0.15) is 22.9 Å². The van der Waals surface area contributed by atoms with Crippen molar-refractivity contribution in [1.82, 2.24) is 9.88 Å². The van der Waals surface area contributed by atoms with Gasteiger partial charge in [-0.25, -0.2) is 4.39 Å². The molecule has 6 heteroatoms. The van der Waals surface area contributed by atoms with Crippen molar-refractivity contribution in [2.45, 2.75) is 19.5 Å². The predicted molar refractivity (Wildman–Crippen MR) is 130 cm³/mol. The van der Waals surface area contributed by atoms with Crippen molar-refractivity contribution >= 4 is 0 Å². The number of hydrogen-bond donors (Lipinski definition) is 0. The van der Waals surface area contributed by atoms with Crippen molar-refractivity contribution in [3.05, 3.63) is 131 Å². The Balaban J connectivity index is 0.000000177. The van der Waals surface area contributed by atoms with Gasteiger partial charge in [0, 0.05) is 12.7 Å². The van der Waals surface area contributed by atoms with Crippen LogP contribution >= 0.6 is 0 Å². The molecule has 1 aromatic heterocycles. The van der Waals surface area contributed by atoms with E-state index in [1.807, 2.05) is 55.6 Å². The minimum Gasteiger partial charge on any atom is -0.668 e. The molecular formula is C29H22F2IrN3. The van der Waals surface area contributed by atoms with E-state index in [1.165, 1.54) is 17.2 Å². The van der Waals surface area contributed by atoms with Gasteiger partial charge >= 0.3 is 20.1 Å². The molecule has 4 aromatic rings. The second-order valence-corrected chi connectivity index (χ2v) is 8.15. The summed E-state index contributed by atoms with van der Waals surface area (Å²) >= 11 is 0. The first-order valence-electron chi connectivity index (χ1n) is 11.1. The molecule has 0 fully saturated rings. The van der Waals surface area contributed by atoms with Crippen LogP contribution in [0.2, 0.25) is 0 Å².